The van der Waals surface area contributed by atoms with Crippen molar-refractivity contribution >= 4 is 17.4 Å². The summed E-state index contributed by atoms with van der Waals surface area (Å²) in [7, 11) is 0. The van der Waals surface area contributed by atoms with Crippen LogP contribution in [0.25, 0.3) is 0 Å². The third kappa shape index (κ3) is 2.32. The molecule has 6 heteroatoms. The fourth-order valence-corrected chi connectivity index (χ4v) is 2.66. The Morgan fingerprint density at radius 2 is 2.05 bits per heavy atom. The number of halogens is 1. The smallest absolute Gasteiger partial charge is 0.159 e. The van der Waals surface area contributed by atoms with Gasteiger partial charge in [-0.15, -0.1) is 0 Å². The second-order valence-corrected chi connectivity index (χ2v) is 5.15. The van der Waals surface area contributed by atoms with Crippen LogP contribution in [0.5, 0.6) is 0 Å². The van der Waals surface area contributed by atoms with Crippen molar-refractivity contribution in [2.24, 2.45) is 0 Å². The van der Waals surface area contributed by atoms with E-state index in [0.29, 0.717) is 11.4 Å². The highest BCUT2D eigenvalue weighted by atomic mass is 35.5. The molecule has 0 saturated heterocycles. The van der Waals surface area contributed by atoms with Gasteiger partial charge in [-0.05, 0) is 17.7 Å². The minimum atomic E-state index is -0.420. The maximum atomic E-state index is 11.7. The molecule has 5 nitrogen and oxygen atoms in total. The monoisotopic (exact) mass is 289 g/mol. The molecule has 1 aromatic carbocycles. The zero-order valence-electron chi connectivity index (χ0n) is 10.5. The Balaban J connectivity index is 2.04. The van der Waals surface area contributed by atoms with Crippen LogP contribution in [0.4, 0.5) is 0 Å². The molecule has 2 aromatic rings. The lowest BCUT2D eigenvalue weighted by atomic mass is 9.82. The van der Waals surface area contributed by atoms with Crippen molar-refractivity contribution in [1.29, 1.82) is 0 Å². The van der Waals surface area contributed by atoms with E-state index in [2.05, 4.69) is 10.1 Å². The number of benzene rings is 1. The molecular formula is C14H12ClN3O2. The number of hydrogen-bond donors (Lipinski definition) is 1. The van der Waals surface area contributed by atoms with Gasteiger partial charge in [-0.25, -0.2) is 9.67 Å². The molecule has 102 valence electrons. The van der Waals surface area contributed by atoms with Gasteiger partial charge in [0.1, 0.15) is 24.5 Å². The molecule has 0 bridgehead atoms. The summed E-state index contributed by atoms with van der Waals surface area (Å²) >= 11 is 5.89. The van der Waals surface area contributed by atoms with E-state index < -0.39 is 6.04 Å². The zero-order valence-corrected chi connectivity index (χ0v) is 11.2. The van der Waals surface area contributed by atoms with E-state index in [9.17, 15) is 9.90 Å². The lowest BCUT2D eigenvalue weighted by Gasteiger charge is -2.29. The van der Waals surface area contributed by atoms with Crippen LogP contribution in [0.1, 0.15) is 23.9 Å². The highest BCUT2D eigenvalue weighted by Gasteiger charge is 2.34. The van der Waals surface area contributed by atoms with Crippen LogP contribution in [0.2, 0.25) is 5.02 Å². The van der Waals surface area contributed by atoms with Crippen molar-refractivity contribution in [3.8, 4) is 0 Å². The molecule has 1 N–H and O–H groups in total. The maximum Gasteiger partial charge on any atom is 0.159 e. The predicted molar refractivity (Wildman–Crippen MR) is 73.6 cm³/mol. The number of carbonyl (C=O) groups is 1. The molecule has 0 aliphatic heterocycles. The van der Waals surface area contributed by atoms with E-state index in [1.807, 2.05) is 12.1 Å². The maximum absolute atomic E-state index is 11.7. The van der Waals surface area contributed by atoms with E-state index in [1.165, 1.54) is 18.7 Å². The van der Waals surface area contributed by atoms with Gasteiger partial charge in [0.05, 0.1) is 0 Å². The average molecular weight is 290 g/mol. The summed E-state index contributed by atoms with van der Waals surface area (Å²) in [5, 5.41) is 14.8. The first-order chi connectivity index (χ1) is 9.65. The summed E-state index contributed by atoms with van der Waals surface area (Å²) in [4.78, 5) is 15.6. The first kappa shape index (κ1) is 12.9. The Morgan fingerprint density at radius 3 is 2.70 bits per heavy atom. The third-order valence-electron chi connectivity index (χ3n) is 3.43. The van der Waals surface area contributed by atoms with Gasteiger partial charge in [0.25, 0.3) is 0 Å². The van der Waals surface area contributed by atoms with Crippen molar-refractivity contribution in [3.05, 3.63) is 59.3 Å². The molecular weight excluding hydrogens is 278 g/mol. The van der Waals surface area contributed by atoms with Gasteiger partial charge in [0, 0.05) is 23.4 Å². The van der Waals surface area contributed by atoms with Crippen LogP contribution < -0.4 is 0 Å². The molecule has 0 spiro atoms. The number of ketones is 1. The second kappa shape index (κ2) is 5.09. The number of rotatable bonds is 2. The number of carbonyl (C=O) groups excluding carboxylic acids is 1. The molecule has 0 radical (unpaired) electrons. The Morgan fingerprint density at radius 1 is 1.30 bits per heavy atom. The second-order valence-electron chi connectivity index (χ2n) is 4.72. The summed E-state index contributed by atoms with van der Waals surface area (Å²) in [6, 6.07) is 6.85. The van der Waals surface area contributed by atoms with Gasteiger partial charge in [0.2, 0.25) is 0 Å². The van der Waals surface area contributed by atoms with E-state index in [-0.39, 0.29) is 17.5 Å². The van der Waals surface area contributed by atoms with E-state index >= 15 is 0 Å². The van der Waals surface area contributed by atoms with Gasteiger partial charge in [-0.3, -0.25) is 4.79 Å². The number of hydrogen-bond acceptors (Lipinski definition) is 4. The first-order valence-corrected chi connectivity index (χ1v) is 6.56. The Bertz CT molecular complexity index is 650. The van der Waals surface area contributed by atoms with Crippen molar-refractivity contribution in [3.63, 3.8) is 0 Å². The van der Waals surface area contributed by atoms with Crippen LogP contribution in [-0.2, 0) is 4.79 Å². The number of aliphatic hydroxyl groups is 1. The summed E-state index contributed by atoms with van der Waals surface area (Å²) in [6.45, 7) is 0. The van der Waals surface area contributed by atoms with Gasteiger partial charge in [-0.1, -0.05) is 23.7 Å². The van der Waals surface area contributed by atoms with Gasteiger partial charge in [-0.2, -0.15) is 5.10 Å². The van der Waals surface area contributed by atoms with Gasteiger partial charge in [0.15, 0.2) is 5.78 Å². The highest BCUT2D eigenvalue weighted by molar-refractivity contribution is 6.30. The number of nitrogens with zero attached hydrogens (tertiary/aromatic N) is 3. The van der Waals surface area contributed by atoms with Crippen molar-refractivity contribution in [1.82, 2.24) is 14.8 Å². The Hall–Kier alpha value is -2.14. The molecule has 0 amide bonds. The molecule has 0 unspecified atom stereocenters. The zero-order chi connectivity index (χ0) is 14.1. The quantitative estimate of drug-likeness (QED) is 0.923. The van der Waals surface area contributed by atoms with E-state index in [4.69, 9.17) is 11.6 Å². The molecule has 1 aliphatic rings. The molecule has 1 aromatic heterocycles. The lowest BCUT2D eigenvalue weighted by Crippen LogP contribution is -2.27. The molecule has 20 heavy (non-hydrogen) atoms. The summed E-state index contributed by atoms with van der Waals surface area (Å²) in [5.74, 6) is -0.281. The molecule has 1 aliphatic carbocycles. The topological polar surface area (TPSA) is 68.0 Å². The van der Waals surface area contributed by atoms with E-state index in [0.717, 1.165) is 5.56 Å². The summed E-state index contributed by atoms with van der Waals surface area (Å²) in [5.41, 5.74) is 0.933. The minimum absolute atomic E-state index is 0.00620. The SMILES string of the molecule is O=C1C=C(O)[C@H](n2cncn2)[C@@H](c2ccc(Cl)cc2)C1. The summed E-state index contributed by atoms with van der Waals surface area (Å²) < 4.78 is 1.57. The van der Waals surface area contributed by atoms with Crippen LogP contribution in [-0.4, -0.2) is 25.7 Å². The lowest BCUT2D eigenvalue weighted by molar-refractivity contribution is -0.116. The molecule has 2 atom stereocenters. The third-order valence-corrected chi connectivity index (χ3v) is 3.69. The van der Waals surface area contributed by atoms with Crippen LogP contribution in [0.3, 0.4) is 0 Å². The Kier molecular flexibility index (Phi) is 3.28. The Labute approximate surface area is 120 Å². The molecule has 3 rings (SSSR count). The van der Waals surface area contributed by atoms with Crippen molar-refractivity contribution in [2.75, 3.05) is 0 Å². The standard InChI is InChI=1S/C14H12ClN3O2/c15-10-3-1-9(2-4-10)12-5-11(19)6-13(20)14(12)18-8-16-7-17-18/h1-4,6-8,12,14,20H,5H2/t12-,14-/m1/s1. The van der Waals surface area contributed by atoms with Gasteiger partial charge < -0.3 is 5.11 Å². The predicted octanol–water partition coefficient (Wildman–Crippen LogP) is 2.67. The van der Waals surface area contributed by atoms with Gasteiger partial charge >= 0.3 is 0 Å². The molecule has 0 fully saturated rings. The van der Waals surface area contributed by atoms with Crippen molar-refractivity contribution < 1.29 is 9.90 Å². The number of allylic oxidation sites excluding steroid dienone is 2. The fourth-order valence-electron chi connectivity index (χ4n) is 2.53. The van der Waals surface area contributed by atoms with Crippen LogP contribution >= 0.6 is 11.6 Å². The minimum Gasteiger partial charge on any atom is -0.510 e. The number of aliphatic hydroxyl groups excluding tert-OH is 1. The molecule has 1 heterocycles. The normalized spacial score (nSPS) is 22.6. The van der Waals surface area contributed by atoms with Crippen LogP contribution in [0, 0.1) is 0 Å². The first-order valence-electron chi connectivity index (χ1n) is 6.18. The van der Waals surface area contributed by atoms with Crippen LogP contribution in [0.15, 0.2) is 48.8 Å². The van der Waals surface area contributed by atoms with E-state index in [1.54, 1.807) is 16.8 Å². The average Bonchev–Trinajstić information content (AvgIpc) is 2.92. The number of aromatic nitrogens is 3. The fraction of sp³-hybridized carbons (Fsp3) is 0.214. The summed E-state index contributed by atoms with van der Waals surface area (Å²) in [6.07, 6.45) is 4.52. The largest absolute Gasteiger partial charge is 0.510 e. The van der Waals surface area contributed by atoms with Crippen molar-refractivity contribution in [2.45, 2.75) is 18.4 Å². The highest BCUT2D eigenvalue weighted by Crippen LogP contribution is 2.39. The molecule has 0 saturated carbocycles.